The van der Waals surface area contributed by atoms with Crippen molar-refractivity contribution in [3.63, 3.8) is 0 Å². The van der Waals surface area contributed by atoms with E-state index in [1.54, 1.807) is 60.1 Å². The monoisotopic (exact) mass is 500 g/mol. The molecular formula is C26H21FN6O4. The number of hydrogen-bond donors (Lipinski definition) is 2. The van der Waals surface area contributed by atoms with E-state index in [1.165, 1.54) is 31.4 Å². The molecule has 2 heterocycles. The number of fused-ring (bicyclic) bond motifs is 1. The normalized spacial score (nSPS) is 14.5. The van der Waals surface area contributed by atoms with Crippen molar-refractivity contribution in [2.45, 2.75) is 13.0 Å². The number of carbonyl (C=O) groups excluding carboxylic acids is 1. The topological polar surface area (TPSA) is 124 Å². The highest BCUT2D eigenvalue weighted by Crippen LogP contribution is 2.38. The minimum absolute atomic E-state index is 0.0794. The van der Waals surface area contributed by atoms with Crippen LogP contribution in [0.2, 0.25) is 0 Å². The van der Waals surface area contributed by atoms with Gasteiger partial charge in [-0.05, 0) is 61.0 Å². The van der Waals surface area contributed by atoms with Crippen LogP contribution in [0.1, 0.15) is 18.5 Å². The van der Waals surface area contributed by atoms with E-state index in [9.17, 15) is 19.3 Å². The number of halogens is 1. The molecule has 0 spiro atoms. The van der Waals surface area contributed by atoms with E-state index in [-0.39, 0.29) is 11.5 Å². The van der Waals surface area contributed by atoms with Crippen LogP contribution >= 0.6 is 0 Å². The fourth-order valence-corrected chi connectivity index (χ4v) is 4.19. The van der Waals surface area contributed by atoms with Gasteiger partial charge in [-0.2, -0.15) is 4.98 Å². The summed E-state index contributed by atoms with van der Waals surface area (Å²) in [7, 11) is 1.51. The molecule has 5 rings (SSSR count). The van der Waals surface area contributed by atoms with Gasteiger partial charge in [-0.25, -0.2) is 9.07 Å². The molecule has 4 aromatic rings. The van der Waals surface area contributed by atoms with Crippen LogP contribution in [0.15, 0.2) is 84.1 Å². The van der Waals surface area contributed by atoms with E-state index >= 15 is 0 Å². The zero-order chi connectivity index (χ0) is 26.1. The highest BCUT2D eigenvalue weighted by molar-refractivity contribution is 6.06. The first-order chi connectivity index (χ1) is 17.9. The van der Waals surface area contributed by atoms with Crippen molar-refractivity contribution in [2.24, 2.45) is 0 Å². The standard InChI is InChI=1S/C26H21FN6O4/c1-15-22(25(34)29-20-5-3-4-6-21(20)37-2)23(16-9-13-19(14-10-16)33(35)36)32-26(28-15)30-24(31-32)17-7-11-18(27)12-8-17/h3-14,23H,1-2H3,(H,29,34)(H,28,30,31). The van der Waals surface area contributed by atoms with Crippen LogP contribution in [0.4, 0.5) is 21.7 Å². The molecule has 1 atom stereocenters. The van der Waals surface area contributed by atoms with Gasteiger partial charge in [-0.3, -0.25) is 14.9 Å². The third kappa shape index (κ3) is 4.49. The number of methoxy groups -OCH3 is 1. The van der Waals surface area contributed by atoms with Crippen LogP contribution in [-0.2, 0) is 4.79 Å². The number of nitro benzene ring substituents is 1. The Hall–Kier alpha value is -5.06. The number of hydrogen-bond acceptors (Lipinski definition) is 7. The fourth-order valence-electron chi connectivity index (χ4n) is 4.19. The Morgan fingerprint density at radius 3 is 2.49 bits per heavy atom. The summed E-state index contributed by atoms with van der Waals surface area (Å²) in [4.78, 5) is 28.9. The fraction of sp³-hybridized carbons (Fsp3) is 0.115. The molecule has 2 N–H and O–H groups in total. The van der Waals surface area contributed by atoms with Gasteiger partial charge in [0.25, 0.3) is 11.6 Å². The molecule has 1 amide bonds. The van der Waals surface area contributed by atoms with Crippen LogP contribution in [0.5, 0.6) is 5.75 Å². The van der Waals surface area contributed by atoms with Crippen LogP contribution in [0.3, 0.4) is 0 Å². The molecule has 1 aliphatic heterocycles. The van der Waals surface area contributed by atoms with Crippen LogP contribution < -0.4 is 15.4 Å². The lowest BCUT2D eigenvalue weighted by molar-refractivity contribution is -0.384. The number of benzene rings is 3. The molecule has 1 unspecified atom stereocenters. The third-order valence-corrected chi connectivity index (χ3v) is 5.97. The Morgan fingerprint density at radius 2 is 1.81 bits per heavy atom. The summed E-state index contributed by atoms with van der Waals surface area (Å²) in [6.07, 6.45) is 0. The van der Waals surface area contributed by atoms with Gasteiger partial charge in [0.1, 0.15) is 17.6 Å². The van der Waals surface area contributed by atoms with Gasteiger partial charge in [0.05, 0.1) is 23.3 Å². The zero-order valence-corrected chi connectivity index (χ0v) is 19.8. The summed E-state index contributed by atoms with van der Waals surface area (Å²) in [5.74, 6) is 0.386. The number of para-hydroxylation sites is 2. The Labute approximate surface area is 210 Å². The number of ether oxygens (including phenoxy) is 1. The highest BCUT2D eigenvalue weighted by atomic mass is 19.1. The average molecular weight is 500 g/mol. The highest BCUT2D eigenvalue weighted by Gasteiger charge is 2.35. The number of nitro groups is 1. The van der Waals surface area contributed by atoms with Gasteiger partial charge in [0.2, 0.25) is 5.95 Å². The minimum Gasteiger partial charge on any atom is -0.495 e. The van der Waals surface area contributed by atoms with E-state index in [2.05, 4.69) is 20.7 Å². The quantitative estimate of drug-likeness (QED) is 0.284. The van der Waals surface area contributed by atoms with Gasteiger partial charge in [-0.15, -0.1) is 5.10 Å². The van der Waals surface area contributed by atoms with Crippen LogP contribution in [0.25, 0.3) is 11.4 Å². The number of aromatic nitrogens is 3. The second-order valence-corrected chi connectivity index (χ2v) is 8.28. The predicted molar refractivity (Wildman–Crippen MR) is 135 cm³/mol. The van der Waals surface area contributed by atoms with Gasteiger partial charge >= 0.3 is 0 Å². The molecule has 10 nitrogen and oxygen atoms in total. The summed E-state index contributed by atoms with van der Waals surface area (Å²) in [5.41, 5.74) is 2.45. The summed E-state index contributed by atoms with van der Waals surface area (Å²) in [5, 5.41) is 21.9. The molecule has 11 heteroatoms. The maximum absolute atomic E-state index is 13.7. The molecule has 1 aromatic heterocycles. The van der Waals surface area contributed by atoms with Gasteiger partial charge in [-0.1, -0.05) is 12.1 Å². The molecule has 0 saturated carbocycles. The van der Waals surface area contributed by atoms with Crippen LogP contribution in [0, 0.1) is 15.9 Å². The molecule has 0 radical (unpaired) electrons. The van der Waals surface area contributed by atoms with E-state index in [0.29, 0.717) is 45.6 Å². The number of nitrogens with one attached hydrogen (secondary N) is 2. The van der Waals surface area contributed by atoms with Crippen molar-refractivity contribution < 1.29 is 18.8 Å². The first-order valence-corrected chi connectivity index (χ1v) is 11.2. The van der Waals surface area contributed by atoms with Gasteiger partial charge in [0.15, 0.2) is 5.82 Å². The van der Waals surface area contributed by atoms with Crippen LogP contribution in [-0.4, -0.2) is 32.7 Å². The Balaban J connectivity index is 1.60. The third-order valence-electron chi connectivity index (χ3n) is 5.97. The molecule has 1 aliphatic rings. The smallest absolute Gasteiger partial charge is 0.269 e. The Bertz CT molecular complexity index is 1530. The number of nitrogens with zero attached hydrogens (tertiary/aromatic N) is 4. The van der Waals surface area contributed by atoms with Crippen molar-refractivity contribution in [1.29, 1.82) is 0 Å². The second kappa shape index (κ2) is 9.53. The number of rotatable bonds is 6. The van der Waals surface area contributed by atoms with E-state index in [4.69, 9.17) is 4.74 Å². The maximum atomic E-state index is 13.7. The van der Waals surface area contributed by atoms with E-state index in [1.807, 2.05) is 0 Å². The molecule has 0 saturated heterocycles. The van der Waals surface area contributed by atoms with E-state index in [0.717, 1.165) is 0 Å². The number of allylic oxidation sites excluding steroid dienone is 1. The second-order valence-electron chi connectivity index (χ2n) is 8.28. The lowest BCUT2D eigenvalue weighted by atomic mass is 9.95. The number of non-ortho nitro benzene ring substituents is 1. The Kier molecular flexibility index (Phi) is 6.10. The molecule has 37 heavy (non-hydrogen) atoms. The van der Waals surface area contributed by atoms with Crippen molar-refractivity contribution in [2.75, 3.05) is 17.7 Å². The Morgan fingerprint density at radius 1 is 1.11 bits per heavy atom. The van der Waals surface area contributed by atoms with Crippen molar-refractivity contribution in [1.82, 2.24) is 14.8 Å². The number of carbonyl (C=O) groups is 1. The van der Waals surface area contributed by atoms with E-state index < -0.39 is 16.9 Å². The summed E-state index contributed by atoms with van der Waals surface area (Å²) >= 11 is 0. The average Bonchev–Trinajstić information content (AvgIpc) is 3.32. The summed E-state index contributed by atoms with van der Waals surface area (Å²) in [6, 6.07) is 17.9. The molecule has 0 bridgehead atoms. The van der Waals surface area contributed by atoms with Crippen molar-refractivity contribution in [3.05, 3.63) is 106 Å². The molecule has 186 valence electrons. The molecule has 0 aliphatic carbocycles. The lowest BCUT2D eigenvalue weighted by Crippen LogP contribution is -2.31. The zero-order valence-electron chi connectivity index (χ0n) is 19.8. The predicted octanol–water partition coefficient (Wildman–Crippen LogP) is 4.93. The number of amides is 1. The van der Waals surface area contributed by atoms with Gasteiger partial charge < -0.3 is 15.4 Å². The molecular weight excluding hydrogens is 479 g/mol. The van der Waals surface area contributed by atoms with Crippen molar-refractivity contribution >= 4 is 23.2 Å². The molecule has 0 fully saturated rings. The SMILES string of the molecule is COc1ccccc1NC(=O)C1=C(C)Nc2nc(-c3ccc(F)cc3)nn2C1c1ccc([N+](=O)[O-])cc1. The van der Waals surface area contributed by atoms with Gasteiger partial charge in [0, 0.05) is 23.4 Å². The minimum atomic E-state index is -0.756. The lowest BCUT2D eigenvalue weighted by Gasteiger charge is -2.28. The first kappa shape index (κ1) is 23.7. The summed E-state index contributed by atoms with van der Waals surface area (Å²) < 4.78 is 20.4. The molecule has 3 aromatic carbocycles. The maximum Gasteiger partial charge on any atom is 0.269 e. The largest absolute Gasteiger partial charge is 0.495 e. The van der Waals surface area contributed by atoms with Crippen molar-refractivity contribution in [3.8, 4) is 17.1 Å². The summed E-state index contributed by atoms with van der Waals surface area (Å²) in [6.45, 7) is 1.74. The first-order valence-electron chi connectivity index (χ1n) is 11.2. The number of anilines is 2.